The standard InChI is InChI=1S/C14H28N6O2.ClH.6H2O/c15-13(21)12-9-18-3-5-20(10-12)6-4-19-14(22)11-7-16-1-2-17-8-11;;;;;;;/h11-12,16-18H,1-10H2,(H2,15,21)(H,19,22);1H;6*1H2. The van der Waals surface area contributed by atoms with Crippen molar-refractivity contribution in [2.24, 2.45) is 17.6 Å². The second-order valence-electron chi connectivity index (χ2n) is 6.00. The average molecular weight is 457 g/mol. The van der Waals surface area contributed by atoms with Gasteiger partial charge in [-0.2, -0.15) is 0 Å². The largest absolute Gasteiger partial charge is 0.412 e. The molecule has 1 unspecified atom stereocenters. The Kier molecular flexibility index (Phi) is 33.5. The Labute approximate surface area is 176 Å². The van der Waals surface area contributed by atoms with E-state index in [4.69, 9.17) is 5.73 Å². The van der Waals surface area contributed by atoms with Gasteiger partial charge >= 0.3 is 0 Å². The van der Waals surface area contributed by atoms with E-state index in [1.54, 1.807) is 0 Å². The van der Waals surface area contributed by atoms with Gasteiger partial charge in [0.05, 0.1) is 11.8 Å². The van der Waals surface area contributed by atoms with Crippen LogP contribution in [0.1, 0.15) is 0 Å². The monoisotopic (exact) mass is 456 g/mol. The molecule has 2 amide bonds. The zero-order valence-electron chi connectivity index (χ0n) is 16.5. The van der Waals surface area contributed by atoms with Crippen LogP contribution in [0.3, 0.4) is 0 Å². The normalized spacial score (nSPS) is 19.1. The fourth-order valence-electron chi connectivity index (χ4n) is 2.84. The predicted molar refractivity (Wildman–Crippen MR) is 113 cm³/mol. The Morgan fingerprint density at radius 2 is 1.34 bits per heavy atom. The third-order valence-corrected chi connectivity index (χ3v) is 4.23. The van der Waals surface area contributed by atoms with E-state index in [1.807, 2.05) is 0 Å². The molecule has 2 aliphatic heterocycles. The molecule has 2 saturated heterocycles. The van der Waals surface area contributed by atoms with Gasteiger partial charge in [0.15, 0.2) is 0 Å². The van der Waals surface area contributed by atoms with Crippen molar-refractivity contribution in [2.75, 3.05) is 65.4 Å². The maximum Gasteiger partial charge on any atom is 0.225 e. The van der Waals surface area contributed by atoms with E-state index in [1.165, 1.54) is 0 Å². The number of carbonyl (C=O) groups excluding carboxylic acids is 2. The molecule has 0 aromatic rings. The molecular formula is C14H41ClN6O8. The van der Waals surface area contributed by atoms with Crippen LogP contribution < -0.4 is 27.0 Å². The first kappa shape index (κ1) is 42.0. The van der Waals surface area contributed by atoms with Crippen LogP contribution in [-0.2, 0) is 9.59 Å². The van der Waals surface area contributed by atoms with Crippen molar-refractivity contribution in [3.63, 3.8) is 0 Å². The molecule has 15 heteroatoms. The van der Waals surface area contributed by atoms with Crippen molar-refractivity contribution in [3.8, 4) is 0 Å². The van der Waals surface area contributed by atoms with E-state index in [-0.39, 0.29) is 68.9 Å². The SMILES string of the molecule is Cl.NC(=O)C1CNCCN(CCNC(=O)C2CNCCNC2)C1.O.O.O.O.O.O. The summed E-state index contributed by atoms with van der Waals surface area (Å²) < 4.78 is 0. The van der Waals surface area contributed by atoms with E-state index in [2.05, 4.69) is 26.2 Å². The number of rotatable bonds is 5. The van der Waals surface area contributed by atoms with Crippen LogP contribution >= 0.6 is 12.4 Å². The molecule has 29 heavy (non-hydrogen) atoms. The van der Waals surface area contributed by atoms with Crippen LogP contribution in [0.4, 0.5) is 0 Å². The van der Waals surface area contributed by atoms with Crippen LogP contribution in [0.5, 0.6) is 0 Å². The number of halogens is 1. The van der Waals surface area contributed by atoms with Gasteiger partial charge in [0.1, 0.15) is 0 Å². The minimum atomic E-state index is -0.265. The molecule has 0 aromatic carbocycles. The summed E-state index contributed by atoms with van der Waals surface area (Å²) in [5.74, 6) is -0.361. The number of hydrogen-bond acceptors (Lipinski definition) is 6. The zero-order valence-corrected chi connectivity index (χ0v) is 17.3. The number of hydrogen-bond donors (Lipinski definition) is 5. The second-order valence-corrected chi connectivity index (χ2v) is 6.00. The Balaban J connectivity index is -0.000000189. The third kappa shape index (κ3) is 15.3. The van der Waals surface area contributed by atoms with Crippen molar-refractivity contribution in [1.82, 2.24) is 26.2 Å². The average Bonchev–Trinajstić information content (AvgIpc) is 2.90. The first-order valence-electron chi connectivity index (χ1n) is 8.08. The predicted octanol–water partition coefficient (Wildman–Crippen LogP) is -7.61. The summed E-state index contributed by atoms with van der Waals surface area (Å²) in [5, 5.41) is 12.7. The lowest BCUT2D eigenvalue weighted by molar-refractivity contribution is -0.125. The van der Waals surface area contributed by atoms with Gasteiger partial charge in [0, 0.05) is 65.4 Å². The van der Waals surface area contributed by atoms with Gasteiger partial charge in [-0.05, 0) is 0 Å². The summed E-state index contributed by atoms with van der Waals surface area (Å²) in [4.78, 5) is 25.7. The Morgan fingerprint density at radius 1 is 0.862 bits per heavy atom. The third-order valence-electron chi connectivity index (χ3n) is 4.23. The summed E-state index contributed by atoms with van der Waals surface area (Å²) >= 11 is 0. The van der Waals surface area contributed by atoms with E-state index < -0.39 is 0 Å². The number of nitrogens with zero attached hydrogens (tertiary/aromatic N) is 1. The Bertz CT molecular complexity index is 391. The molecule has 0 radical (unpaired) electrons. The smallest absolute Gasteiger partial charge is 0.225 e. The molecule has 0 aromatic heterocycles. The minimum absolute atomic E-state index is 0. The number of nitrogens with one attached hydrogen (secondary N) is 4. The zero-order chi connectivity index (χ0) is 15.8. The lowest BCUT2D eigenvalue weighted by atomic mass is 10.1. The molecule has 182 valence electrons. The number of primary amides is 1. The van der Waals surface area contributed by atoms with E-state index >= 15 is 0 Å². The van der Waals surface area contributed by atoms with Gasteiger partial charge in [-0.1, -0.05) is 0 Å². The molecule has 18 N–H and O–H groups in total. The van der Waals surface area contributed by atoms with Crippen molar-refractivity contribution in [2.45, 2.75) is 0 Å². The summed E-state index contributed by atoms with van der Waals surface area (Å²) in [6, 6.07) is 0. The molecule has 2 fully saturated rings. The molecule has 0 spiro atoms. The Morgan fingerprint density at radius 3 is 1.86 bits per heavy atom. The molecule has 0 aliphatic carbocycles. The molecule has 1 atom stereocenters. The summed E-state index contributed by atoms with van der Waals surface area (Å²) in [7, 11) is 0. The number of nitrogens with two attached hydrogens (primary N) is 1. The summed E-state index contributed by atoms with van der Waals surface area (Å²) in [6.45, 7) is 7.58. The molecule has 0 saturated carbocycles. The highest BCUT2D eigenvalue weighted by atomic mass is 35.5. The molecule has 2 aliphatic rings. The summed E-state index contributed by atoms with van der Waals surface area (Å²) in [5.41, 5.74) is 5.40. The van der Waals surface area contributed by atoms with Gasteiger partial charge < -0.3 is 59.9 Å². The van der Waals surface area contributed by atoms with E-state index in [0.717, 1.165) is 45.8 Å². The first-order valence-corrected chi connectivity index (χ1v) is 8.08. The van der Waals surface area contributed by atoms with E-state index in [0.29, 0.717) is 19.6 Å². The van der Waals surface area contributed by atoms with Gasteiger partial charge in [0.2, 0.25) is 11.8 Å². The maximum absolute atomic E-state index is 12.1. The Hall–Kier alpha value is -1.17. The number of carbonyl (C=O) groups is 2. The lowest BCUT2D eigenvalue weighted by Crippen LogP contribution is -2.44. The van der Waals surface area contributed by atoms with Crippen molar-refractivity contribution >= 4 is 24.2 Å². The van der Waals surface area contributed by atoms with Crippen LogP contribution in [0.2, 0.25) is 0 Å². The van der Waals surface area contributed by atoms with Crippen LogP contribution in [-0.4, -0.2) is 115 Å². The highest BCUT2D eigenvalue weighted by Gasteiger charge is 2.23. The molecule has 14 nitrogen and oxygen atoms in total. The van der Waals surface area contributed by atoms with Crippen LogP contribution in [0.25, 0.3) is 0 Å². The van der Waals surface area contributed by atoms with Crippen LogP contribution in [0, 0.1) is 11.8 Å². The molecule has 2 rings (SSSR count). The molecule has 0 bridgehead atoms. The lowest BCUT2D eigenvalue weighted by Gasteiger charge is -2.23. The minimum Gasteiger partial charge on any atom is -0.412 e. The molecule has 2 heterocycles. The number of amides is 2. The highest BCUT2D eigenvalue weighted by molar-refractivity contribution is 5.85. The van der Waals surface area contributed by atoms with Crippen LogP contribution in [0.15, 0.2) is 0 Å². The van der Waals surface area contributed by atoms with Gasteiger partial charge in [0.25, 0.3) is 0 Å². The first-order chi connectivity index (χ1) is 10.7. The van der Waals surface area contributed by atoms with Crippen molar-refractivity contribution < 1.29 is 42.4 Å². The maximum atomic E-state index is 12.1. The van der Waals surface area contributed by atoms with Crippen molar-refractivity contribution in [1.29, 1.82) is 0 Å². The highest BCUT2D eigenvalue weighted by Crippen LogP contribution is 2.03. The van der Waals surface area contributed by atoms with Gasteiger partial charge in [-0.25, -0.2) is 0 Å². The van der Waals surface area contributed by atoms with Gasteiger partial charge in [-0.15, -0.1) is 12.4 Å². The second kappa shape index (κ2) is 23.1. The topological polar surface area (TPSA) is 301 Å². The molecular weight excluding hydrogens is 416 g/mol. The van der Waals surface area contributed by atoms with Crippen molar-refractivity contribution in [3.05, 3.63) is 0 Å². The van der Waals surface area contributed by atoms with Gasteiger partial charge in [-0.3, -0.25) is 14.5 Å². The summed E-state index contributed by atoms with van der Waals surface area (Å²) in [6.07, 6.45) is 0. The fraction of sp³-hybridized carbons (Fsp3) is 0.857. The van der Waals surface area contributed by atoms with E-state index in [9.17, 15) is 9.59 Å². The quantitative estimate of drug-likeness (QED) is 0.267. The fourth-order valence-corrected chi connectivity index (χ4v) is 2.84.